The minimum Gasteiger partial charge on any atom is -0.465 e. The summed E-state index contributed by atoms with van der Waals surface area (Å²) in [5.41, 5.74) is 7.23. The standard InChI is InChI=1S/C11H10BrN3O2/c1-17-11(16)8-3-2-4-9(13)10(8)15-6-7(12)5-14-15/h2-6H,13H2,1H3. The number of hydrogen-bond donors (Lipinski definition) is 1. The van der Waals surface area contributed by atoms with Gasteiger partial charge in [0, 0.05) is 6.20 Å². The van der Waals surface area contributed by atoms with Crippen molar-refractivity contribution in [1.29, 1.82) is 0 Å². The maximum absolute atomic E-state index is 11.6. The topological polar surface area (TPSA) is 70.1 Å². The molecule has 1 aromatic carbocycles. The van der Waals surface area contributed by atoms with E-state index in [1.54, 1.807) is 30.6 Å². The molecule has 0 radical (unpaired) electrons. The van der Waals surface area contributed by atoms with Gasteiger partial charge in [-0.1, -0.05) is 6.07 Å². The molecule has 0 saturated heterocycles. The summed E-state index contributed by atoms with van der Waals surface area (Å²) in [6, 6.07) is 5.05. The van der Waals surface area contributed by atoms with Crippen LogP contribution >= 0.6 is 15.9 Å². The van der Waals surface area contributed by atoms with E-state index in [0.717, 1.165) is 4.47 Å². The van der Waals surface area contributed by atoms with Crippen molar-refractivity contribution < 1.29 is 9.53 Å². The van der Waals surface area contributed by atoms with Crippen LogP contribution in [0.5, 0.6) is 0 Å². The number of carbonyl (C=O) groups excluding carboxylic acids is 1. The van der Waals surface area contributed by atoms with E-state index >= 15 is 0 Å². The molecular formula is C11H10BrN3O2. The average molecular weight is 296 g/mol. The molecule has 1 aromatic heterocycles. The molecular weight excluding hydrogens is 286 g/mol. The van der Waals surface area contributed by atoms with Crippen LogP contribution in [0.1, 0.15) is 10.4 Å². The molecule has 5 nitrogen and oxygen atoms in total. The lowest BCUT2D eigenvalue weighted by molar-refractivity contribution is 0.0600. The molecule has 88 valence electrons. The zero-order valence-electron chi connectivity index (χ0n) is 9.05. The number of nitrogens with two attached hydrogens (primary N) is 1. The Balaban J connectivity index is 2.63. The van der Waals surface area contributed by atoms with Crippen LogP contribution in [-0.2, 0) is 4.74 Å². The summed E-state index contributed by atoms with van der Waals surface area (Å²) in [6.45, 7) is 0. The number of esters is 1. The molecule has 2 aromatic rings. The molecule has 17 heavy (non-hydrogen) atoms. The monoisotopic (exact) mass is 295 g/mol. The zero-order valence-corrected chi connectivity index (χ0v) is 10.6. The van der Waals surface area contributed by atoms with Crippen LogP contribution in [0.2, 0.25) is 0 Å². The highest BCUT2D eigenvalue weighted by molar-refractivity contribution is 9.10. The van der Waals surface area contributed by atoms with Crippen molar-refractivity contribution in [3.63, 3.8) is 0 Å². The van der Waals surface area contributed by atoms with Crippen LogP contribution in [0.15, 0.2) is 35.1 Å². The van der Waals surface area contributed by atoms with Crippen molar-refractivity contribution in [3.8, 4) is 5.69 Å². The number of rotatable bonds is 2. The van der Waals surface area contributed by atoms with Crippen molar-refractivity contribution >= 4 is 27.6 Å². The Hall–Kier alpha value is -1.82. The van der Waals surface area contributed by atoms with E-state index in [1.165, 1.54) is 11.8 Å². The quantitative estimate of drug-likeness (QED) is 0.679. The number of carbonyl (C=O) groups is 1. The van der Waals surface area contributed by atoms with Crippen LogP contribution < -0.4 is 5.73 Å². The van der Waals surface area contributed by atoms with E-state index in [-0.39, 0.29) is 0 Å². The van der Waals surface area contributed by atoms with Crippen molar-refractivity contribution in [2.45, 2.75) is 0 Å². The van der Waals surface area contributed by atoms with E-state index in [2.05, 4.69) is 21.0 Å². The molecule has 0 saturated carbocycles. The molecule has 1 heterocycles. The summed E-state index contributed by atoms with van der Waals surface area (Å²) in [4.78, 5) is 11.6. The highest BCUT2D eigenvalue weighted by Crippen LogP contribution is 2.23. The van der Waals surface area contributed by atoms with Gasteiger partial charge >= 0.3 is 5.97 Å². The van der Waals surface area contributed by atoms with Crippen LogP contribution in [-0.4, -0.2) is 22.9 Å². The Morgan fingerprint density at radius 2 is 2.29 bits per heavy atom. The predicted octanol–water partition coefficient (Wildman–Crippen LogP) is 2.00. The summed E-state index contributed by atoms with van der Waals surface area (Å²) in [5, 5.41) is 4.11. The van der Waals surface area contributed by atoms with E-state index < -0.39 is 5.97 Å². The molecule has 0 fully saturated rings. The van der Waals surface area contributed by atoms with Gasteiger partial charge in [0.05, 0.1) is 29.0 Å². The van der Waals surface area contributed by atoms with Crippen molar-refractivity contribution in [3.05, 3.63) is 40.6 Å². The van der Waals surface area contributed by atoms with E-state index in [1.807, 2.05) is 0 Å². The first kappa shape index (κ1) is 11.7. The number of ether oxygens (including phenoxy) is 1. The zero-order chi connectivity index (χ0) is 12.4. The Morgan fingerprint density at radius 3 is 2.88 bits per heavy atom. The normalized spacial score (nSPS) is 10.2. The summed E-state index contributed by atoms with van der Waals surface area (Å²) >= 11 is 3.29. The van der Waals surface area contributed by atoms with Gasteiger partial charge in [-0.15, -0.1) is 0 Å². The minimum atomic E-state index is -0.445. The lowest BCUT2D eigenvalue weighted by atomic mass is 10.1. The summed E-state index contributed by atoms with van der Waals surface area (Å²) in [6.07, 6.45) is 3.34. The SMILES string of the molecule is COC(=O)c1cccc(N)c1-n1cc(Br)cn1. The summed E-state index contributed by atoms with van der Waals surface area (Å²) in [7, 11) is 1.33. The smallest absolute Gasteiger partial charge is 0.340 e. The Kier molecular flexibility index (Phi) is 3.14. The third kappa shape index (κ3) is 2.16. The first-order chi connectivity index (χ1) is 8.13. The number of hydrogen-bond acceptors (Lipinski definition) is 4. The first-order valence-corrected chi connectivity index (χ1v) is 5.60. The van der Waals surface area contributed by atoms with E-state index in [0.29, 0.717) is 16.9 Å². The van der Waals surface area contributed by atoms with Crippen LogP contribution in [0.3, 0.4) is 0 Å². The lowest BCUT2D eigenvalue weighted by Crippen LogP contribution is -2.10. The highest BCUT2D eigenvalue weighted by atomic mass is 79.9. The second-order valence-electron chi connectivity index (χ2n) is 3.34. The van der Waals surface area contributed by atoms with E-state index in [9.17, 15) is 4.79 Å². The van der Waals surface area contributed by atoms with Crippen molar-refractivity contribution in [2.75, 3.05) is 12.8 Å². The lowest BCUT2D eigenvalue weighted by Gasteiger charge is -2.10. The van der Waals surface area contributed by atoms with Crippen LogP contribution in [0.4, 0.5) is 5.69 Å². The Morgan fingerprint density at radius 1 is 1.53 bits per heavy atom. The van der Waals surface area contributed by atoms with Crippen molar-refractivity contribution in [1.82, 2.24) is 9.78 Å². The largest absolute Gasteiger partial charge is 0.465 e. The highest BCUT2D eigenvalue weighted by Gasteiger charge is 2.16. The molecule has 0 atom stereocenters. The second-order valence-corrected chi connectivity index (χ2v) is 4.25. The number of halogens is 1. The Bertz CT molecular complexity index is 566. The number of nitrogens with zero attached hydrogens (tertiary/aromatic N) is 2. The van der Waals surface area contributed by atoms with Gasteiger partial charge in [-0.25, -0.2) is 9.48 Å². The fourth-order valence-electron chi connectivity index (χ4n) is 1.51. The van der Waals surface area contributed by atoms with Crippen molar-refractivity contribution in [2.24, 2.45) is 0 Å². The molecule has 0 aliphatic carbocycles. The van der Waals surface area contributed by atoms with Gasteiger partial charge in [0.15, 0.2) is 0 Å². The molecule has 0 unspecified atom stereocenters. The maximum Gasteiger partial charge on any atom is 0.340 e. The predicted molar refractivity (Wildman–Crippen MR) is 67.0 cm³/mol. The molecule has 0 bridgehead atoms. The first-order valence-electron chi connectivity index (χ1n) is 4.81. The number of benzene rings is 1. The molecule has 0 spiro atoms. The van der Waals surface area contributed by atoms with Gasteiger partial charge in [-0.2, -0.15) is 5.10 Å². The van der Waals surface area contributed by atoms with Gasteiger partial charge in [0.2, 0.25) is 0 Å². The molecule has 2 N–H and O–H groups in total. The number of para-hydroxylation sites is 1. The Labute approximate surface area is 106 Å². The van der Waals surface area contributed by atoms with Gasteiger partial charge in [-0.3, -0.25) is 0 Å². The molecule has 2 rings (SSSR count). The number of nitrogen functional groups attached to an aromatic ring is 1. The number of aromatic nitrogens is 2. The molecule has 0 aliphatic heterocycles. The number of methoxy groups -OCH3 is 1. The molecule has 0 amide bonds. The second kappa shape index (κ2) is 4.58. The van der Waals surface area contributed by atoms with Gasteiger partial charge in [-0.05, 0) is 28.1 Å². The third-order valence-electron chi connectivity index (χ3n) is 2.25. The summed E-state index contributed by atoms with van der Waals surface area (Å²) in [5.74, 6) is -0.445. The summed E-state index contributed by atoms with van der Waals surface area (Å²) < 4.78 is 7.05. The maximum atomic E-state index is 11.6. The number of anilines is 1. The van der Waals surface area contributed by atoms with Gasteiger partial charge < -0.3 is 10.5 Å². The fraction of sp³-hybridized carbons (Fsp3) is 0.0909. The van der Waals surface area contributed by atoms with Gasteiger partial charge in [0.1, 0.15) is 5.69 Å². The molecule has 0 aliphatic rings. The van der Waals surface area contributed by atoms with Gasteiger partial charge in [0.25, 0.3) is 0 Å². The molecule has 6 heteroatoms. The average Bonchev–Trinajstić information content (AvgIpc) is 2.74. The fourth-order valence-corrected chi connectivity index (χ4v) is 1.80. The van der Waals surface area contributed by atoms with Crippen LogP contribution in [0, 0.1) is 0 Å². The van der Waals surface area contributed by atoms with E-state index in [4.69, 9.17) is 10.5 Å². The minimum absolute atomic E-state index is 0.378. The van der Waals surface area contributed by atoms with Crippen LogP contribution in [0.25, 0.3) is 5.69 Å². The third-order valence-corrected chi connectivity index (χ3v) is 2.66.